The highest BCUT2D eigenvalue weighted by Gasteiger charge is 2.31. The molecule has 3 aromatic rings. The minimum atomic E-state index is -4.51. The molecule has 1 N–H and O–H groups in total. The second-order valence-corrected chi connectivity index (χ2v) is 8.66. The van der Waals surface area contributed by atoms with Crippen molar-refractivity contribution in [2.45, 2.75) is 22.7 Å². The van der Waals surface area contributed by atoms with E-state index in [0.717, 1.165) is 29.5 Å². The molecule has 146 valence electrons. The number of anilines is 1. The van der Waals surface area contributed by atoms with Crippen LogP contribution < -0.4 is 5.32 Å². The van der Waals surface area contributed by atoms with Crippen LogP contribution in [-0.2, 0) is 11.0 Å². The molecule has 28 heavy (non-hydrogen) atoms. The van der Waals surface area contributed by atoms with Gasteiger partial charge >= 0.3 is 6.18 Å². The third-order valence-electron chi connectivity index (χ3n) is 3.75. The van der Waals surface area contributed by atoms with Gasteiger partial charge in [0.1, 0.15) is 0 Å². The lowest BCUT2D eigenvalue weighted by Gasteiger charge is -2.14. The average Bonchev–Trinajstić information content (AvgIpc) is 3.11. The van der Waals surface area contributed by atoms with Gasteiger partial charge in [-0.1, -0.05) is 53.7 Å². The molecule has 0 bridgehead atoms. The number of aromatic nitrogens is 1. The fourth-order valence-electron chi connectivity index (χ4n) is 2.29. The normalized spacial score (nSPS) is 12.6. The Morgan fingerprint density at radius 3 is 2.61 bits per heavy atom. The van der Waals surface area contributed by atoms with Gasteiger partial charge in [0.25, 0.3) is 0 Å². The van der Waals surface area contributed by atoms with Crippen molar-refractivity contribution in [3.63, 3.8) is 0 Å². The Morgan fingerprint density at radius 2 is 1.93 bits per heavy atom. The maximum atomic E-state index is 12.9. The Balaban J connectivity index is 1.68. The Hall–Kier alpha value is -2.03. The van der Waals surface area contributed by atoms with E-state index >= 15 is 0 Å². The number of carbonyl (C=O) groups excluding carboxylic acids is 1. The zero-order chi connectivity index (χ0) is 20.3. The maximum Gasteiger partial charge on any atom is 0.416 e. The Kier molecular flexibility index (Phi) is 6.32. The number of rotatable bonds is 5. The summed E-state index contributed by atoms with van der Waals surface area (Å²) in [5, 5.41) is 3.83. The molecule has 1 amide bonds. The van der Waals surface area contributed by atoms with Crippen molar-refractivity contribution in [3.05, 3.63) is 64.5 Å². The van der Waals surface area contributed by atoms with Crippen molar-refractivity contribution in [2.24, 2.45) is 0 Å². The number of amides is 1. The van der Waals surface area contributed by atoms with E-state index in [2.05, 4.69) is 10.3 Å². The van der Waals surface area contributed by atoms with Gasteiger partial charge in [-0.3, -0.25) is 4.79 Å². The van der Waals surface area contributed by atoms with Crippen molar-refractivity contribution in [3.8, 4) is 11.3 Å². The molecular weight excluding hydrogens is 429 g/mol. The summed E-state index contributed by atoms with van der Waals surface area (Å²) in [5.74, 6) is -0.456. The van der Waals surface area contributed by atoms with Crippen molar-refractivity contribution < 1.29 is 18.0 Å². The number of carbonyl (C=O) groups is 1. The minimum absolute atomic E-state index is 0.0409. The van der Waals surface area contributed by atoms with Gasteiger partial charge in [0.05, 0.1) is 27.2 Å². The summed E-state index contributed by atoms with van der Waals surface area (Å²) in [6, 6.07) is 12.4. The largest absolute Gasteiger partial charge is 0.416 e. The number of thioether (sulfide) groups is 1. The van der Waals surface area contributed by atoms with Gasteiger partial charge < -0.3 is 5.32 Å². The predicted octanol–water partition coefficient (Wildman–Crippen LogP) is 6.60. The van der Waals surface area contributed by atoms with Gasteiger partial charge in [-0.15, -0.1) is 11.3 Å². The number of halogens is 4. The van der Waals surface area contributed by atoms with Crippen LogP contribution in [0.25, 0.3) is 11.3 Å². The van der Waals surface area contributed by atoms with Gasteiger partial charge in [0.15, 0.2) is 4.34 Å². The smallest absolute Gasteiger partial charge is 0.324 e. The van der Waals surface area contributed by atoms with E-state index in [-0.39, 0.29) is 10.7 Å². The highest BCUT2D eigenvalue weighted by Crippen LogP contribution is 2.35. The zero-order valence-electron chi connectivity index (χ0n) is 14.5. The first-order chi connectivity index (χ1) is 13.2. The first-order valence-electron chi connectivity index (χ1n) is 8.09. The molecule has 1 atom stereocenters. The second kappa shape index (κ2) is 8.55. The fraction of sp³-hybridized carbons (Fsp3) is 0.158. The molecule has 1 unspecified atom stereocenters. The van der Waals surface area contributed by atoms with Crippen LogP contribution in [0.5, 0.6) is 0 Å². The number of hydrogen-bond acceptors (Lipinski definition) is 4. The van der Waals surface area contributed by atoms with E-state index in [1.54, 1.807) is 6.92 Å². The number of benzene rings is 2. The third-order valence-corrected chi connectivity index (χ3v) is 6.15. The van der Waals surface area contributed by atoms with Gasteiger partial charge in [-0.2, -0.15) is 13.2 Å². The zero-order valence-corrected chi connectivity index (χ0v) is 16.8. The Labute approximate surface area is 172 Å². The van der Waals surface area contributed by atoms with Crippen LogP contribution in [0.15, 0.2) is 58.3 Å². The molecule has 0 aliphatic rings. The lowest BCUT2D eigenvalue weighted by atomic mass is 10.2. The van der Waals surface area contributed by atoms with Crippen LogP contribution in [0.2, 0.25) is 5.02 Å². The number of thiazole rings is 1. The molecule has 3 rings (SSSR count). The lowest BCUT2D eigenvalue weighted by Crippen LogP contribution is -2.22. The maximum absolute atomic E-state index is 12.9. The Morgan fingerprint density at radius 1 is 1.21 bits per heavy atom. The van der Waals surface area contributed by atoms with E-state index in [0.29, 0.717) is 4.34 Å². The van der Waals surface area contributed by atoms with Crippen LogP contribution in [-0.4, -0.2) is 16.1 Å². The number of hydrogen-bond donors (Lipinski definition) is 1. The summed E-state index contributed by atoms with van der Waals surface area (Å²) in [4.78, 5) is 16.9. The standard InChI is InChI=1S/C19H14ClF3N2OS2/c1-11(28-18-25-16(10-27-18)12-5-3-2-4-6-12)17(26)24-15-9-13(19(21,22)23)7-8-14(15)20/h2-11H,1H3,(H,24,26). The average molecular weight is 443 g/mol. The molecule has 0 saturated carbocycles. The quantitative estimate of drug-likeness (QED) is 0.452. The molecule has 1 aromatic heterocycles. The molecule has 0 saturated heterocycles. The second-order valence-electron chi connectivity index (χ2n) is 5.81. The van der Waals surface area contributed by atoms with Gasteiger partial charge in [0.2, 0.25) is 5.91 Å². The molecule has 0 spiro atoms. The van der Waals surface area contributed by atoms with E-state index in [4.69, 9.17) is 11.6 Å². The van der Waals surface area contributed by atoms with E-state index < -0.39 is 22.9 Å². The summed E-state index contributed by atoms with van der Waals surface area (Å²) in [6.45, 7) is 1.66. The van der Waals surface area contributed by atoms with Crippen LogP contribution in [0.4, 0.5) is 18.9 Å². The van der Waals surface area contributed by atoms with Crippen LogP contribution in [0.3, 0.4) is 0 Å². The summed E-state index contributed by atoms with van der Waals surface area (Å²) in [5.41, 5.74) is 0.832. The molecule has 9 heteroatoms. The number of nitrogens with zero attached hydrogens (tertiary/aromatic N) is 1. The van der Waals surface area contributed by atoms with E-state index in [9.17, 15) is 18.0 Å². The molecule has 0 aliphatic carbocycles. The number of nitrogens with one attached hydrogen (secondary N) is 1. The summed E-state index contributed by atoms with van der Waals surface area (Å²) in [7, 11) is 0. The highest BCUT2D eigenvalue weighted by molar-refractivity contribution is 8.02. The molecular formula is C19H14ClF3N2OS2. The van der Waals surface area contributed by atoms with Gasteiger partial charge in [-0.25, -0.2) is 4.98 Å². The molecule has 0 fully saturated rings. The first-order valence-corrected chi connectivity index (χ1v) is 10.2. The predicted molar refractivity (Wildman–Crippen MR) is 108 cm³/mol. The summed E-state index contributed by atoms with van der Waals surface area (Å²) in [6.07, 6.45) is -4.51. The summed E-state index contributed by atoms with van der Waals surface area (Å²) < 4.78 is 39.3. The molecule has 0 radical (unpaired) electrons. The number of alkyl halides is 3. The monoisotopic (exact) mass is 442 g/mol. The molecule has 1 heterocycles. The fourth-order valence-corrected chi connectivity index (χ4v) is 4.43. The van der Waals surface area contributed by atoms with Crippen molar-refractivity contribution in [1.29, 1.82) is 0 Å². The van der Waals surface area contributed by atoms with Crippen LogP contribution in [0, 0.1) is 0 Å². The SMILES string of the molecule is CC(Sc1nc(-c2ccccc2)cs1)C(=O)Nc1cc(C(F)(F)F)ccc1Cl. The van der Waals surface area contributed by atoms with Gasteiger partial charge in [0, 0.05) is 10.9 Å². The first kappa shape index (κ1) is 20.7. The minimum Gasteiger partial charge on any atom is -0.324 e. The van der Waals surface area contributed by atoms with Gasteiger partial charge in [-0.05, 0) is 25.1 Å². The molecule has 0 aliphatic heterocycles. The van der Waals surface area contributed by atoms with Crippen LogP contribution >= 0.6 is 34.7 Å². The molecule has 3 nitrogen and oxygen atoms in total. The lowest BCUT2D eigenvalue weighted by molar-refractivity contribution is -0.137. The van der Waals surface area contributed by atoms with Crippen LogP contribution in [0.1, 0.15) is 12.5 Å². The summed E-state index contributed by atoms with van der Waals surface area (Å²) >= 11 is 8.56. The topological polar surface area (TPSA) is 42.0 Å². The highest BCUT2D eigenvalue weighted by atomic mass is 35.5. The van der Waals surface area contributed by atoms with Crippen molar-refractivity contribution in [2.75, 3.05) is 5.32 Å². The van der Waals surface area contributed by atoms with E-state index in [1.165, 1.54) is 23.1 Å². The third kappa shape index (κ3) is 5.06. The van der Waals surface area contributed by atoms with E-state index in [1.807, 2.05) is 35.7 Å². The molecule has 2 aromatic carbocycles. The Bertz CT molecular complexity index is 977. The van der Waals surface area contributed by atoms with Crippen molar-refractivity contribution >= 4 is 46.3 Å². The van der Waals surface area contributed by atoms with Crippen molar-refractivity contribution in [1.82, 2.24) is 4.98 Å².